The molecule has 18 heavy (non-hydrogen) atoms. The number of anilines is 1. The first-order chi connectivity index (χ1) is 8.85. The lowest BCUT2D eigenvalue weighted by atomic mass is 10.2. The molecule has 0 saturated carbocycles. The molecular formula is C14H23N3O. The third kappa shape index (κ3) is 3.13. The summed E-state index contributed by atoms with van der Waals surface area (Å²) in [6.07, 6.45) is 2.33. The van der Waals surface area contributed by atoms with Gasteiger partial charge in [0.15, 0.2) is 0 Å². The number of nitrogens with one attached hydrogen (secondary N) is 1. The van der Waals surface area contributed by atoms with E-state index in [2.05, 4.69) is 28.2 Å². The highest BCUT2D eigenvalue weighted by Crippen LogP contribution is 2.21. The standard InChI is InChI=1S/C14H23N3O/c1-3-10-17(12-8-9-15-11-12)13-6-5-7-14(16-13)18-4-2/h5-7,12,15H,3-4,8-11H2,1-2H3. The number of pyridine rings is 1. The Balaban J connectivity index is 2.15. The molecule has 2 heterocycles. The fourth-order valence-electron chi connectivity index (χ4n) is 2.42. The van der Waals surface area contributed by atoms with Crippen molar-refractivity contribution in [1.82, 2.24) is 10.3 Å². The van der Waals surface area contributed by atoms with Crippen molar-refractivity contribution in [2.24, 2.45) is 0 Å². The van der Waals surface area contributed by atoms with Gasteiger partial charge in [-0.05, 0) is 32.4 Å². The van der Waals surface area contributed by atoms with E-state index in [-0.39, 0.29) is 0 Å². The maximum Gasteiger partial charge on any atom is 0.215 e. The van der Waals surface area contributed by atoms with Gasteiger partial charge in [-0.1, -0.05) is 13.0 Å². The van der Waals surface area contributed by atoms with Gasteiger partial charge in [0.25, 0.3) is 0 Å². The topological polar surface area (TPSA) is 37.4 Å². The lowest BCUT2D eigenvalue weighted by Gasteiger charge is -2.29. The van der Waals surface area contributed by atoms with Crippen LogP contribution in [0.3, 0.4) is 0 Å². The van der Waals surface area contributed by atoms with Crippen LogP contribution in [0.5, 0.6) is 5.88 Å². The van der Waals surface area contributed by atoms with Crippen LogP contribution in [-0.2, 0) is 0 Å². The third-order valence-corrected chi connectivity index (χ3v) is 3.23. The Labute approximate surface area is 109 Å². The summed E-state index contributed by atoms with van der Waals surface area (Å²) in [5, 5.41) is 3.42. The first-order valence-corrected chi connectivity index (χ1v) is 6.92. The zero-order chi connectivity index (χ0) is 12.8. The molecule has 4 heteroatoms. The average molecular weight is 249 g/mol. The van der Waals surface area contributed by atoms with Gasteiger partial charge in [0.1, 0.15) is 5.82 Å². The number of nitrogens with zero attached hydrogens (tertiary/aromatic N) is 2. The van der Waals surface area contributed by atoms with Gasteiger partial charge < -0.3 is 15.0 Å². The van der Waals surface area contributed by atoms with E-state index in [9.17, 15) is 0 Å². The molecule has 0 bridgehead atoms. The molecule has 1 aliphatic rings. The summed E-state index contributed by atoms with van der Waals surface area (Å²) in [6, 6.07) is 6.59. The Hall–Kier alpha value is -1.29. The minimum Gasteiger partial charge on any atom is -0.478 e. The molecule has 100 valence electrons. The first-order valence-electron chi connectivity index (χ1n) is 6.92. The fraction of sp³-hybridized carbons (Fsp3) is 0.643. The molecule has 1 aromatic rings. The summed E-state index contributed by atoms with van der Waals surface area (Å²) in [6.45, 7) is 8.07. The molecule has 1 fully saturated rings. The number of hydrogen-bond donors (Lipinski definition) is 1. The van der Waals surface area contributed by atoms with E-state index in [1.165, 1.54) is 6.42 Å². The van der Waals surface area contributed by atoms with Crippen LogP contribution >= 0.6 is 0 Å². The Morgan fingerprint density at radius 1 is 1.44 bits per heavy atom. The Bertz CT molecular complexity index is 364. The molecular weight excluding hydrogens is 226 g/mol. The van der Waals surface area contributed by atoms with Crippen molar-refractivity contribution < 1.29 is 4.74 Å². The van der Waals surface area contributed by atoms with Crippen LogP contribution in [0.1, 0.15) is 26.7 Å². The molecule has 0 aliphatic carbocycles. The van der Waals surface area contributed by atoms with E-state index in [0.29, 0.717) is 12.6 Å². The monoisotopic (exact) mass is 249 g/mol. The summed E-state index contributed by atoms with van der Waals surface area (Å²) in [7, 11) is 0. The maximum absolute atomic E-state index is 5.48. The molecule has 1 aromatic heterocycles. The maximum atomic E-state index is 5.48. The summed E-state index contributed by atoms with van der Waals surface area (Å²) >= 11 is 0. The van der Waals surface area contributed by atoms with E-state index >= 15 is 0 Å². The second-order valence-corrected chi connectivity index (χ2v) is 4.61. The molecule has 1 N–H and O–H groups in total. The van der Waals surface area contributed by atoms with Crippen LogP contribution in [0, 0.1) is 0 Å². The fourth-order valence-corrected chi connectivity index (χ4v) is 2.42. The first kappa shape index (κ1) is 13.1. The van der Waals surface area contributed by atoms with Crippen molar-refractivity contribution in [1.29, 1.82) is 0 Å². The molecule has 0 amide bonds. The van der Waals surface area contributed by atoms with Gasteiger partial charge in [-0.3, -0.25) is 0 Å². The van der Waals surface area contributed by atoms with E-state index < -0.39 is 0 Å². The molecule has 1 saturated heterocycles. The van der Waals surface area contributed by atoms with Crippen molar-refractivity contribution in [2.45, 2.75) is 32.7 Å². The van der Waals surface area contributed by atoms with E-state index in [1.807, 2.05) is 19.1 Å². The zero-order valence-electron chi connectivity index (χ0n) is 11.4. The molecule has 1 aliphatic heterocycles. The van der Waals surface area contributed by atoms with Crippen LogP contribution in [0.4, 0.5) is 5.82 Å². The number of aromatic nitrogens is 1. The van der Waals surface area contributed by atoms with Crippen molar-refractivity contribution in [3.05, 3.63) is 18.2 Å². The Kier molecular flexibility index (Phi) is 4.81. The van der Waals surface area contributed by atoms with Gasteiger partial charge in [0.05, 0.1) is 6.61 Å². The smallest absolute Gasteiger partial charge is 0.215 e. The normalized spacial score (nSPS) is 18.9. The summed E-state index contributed by atoms with van der Waals surface area (Å²) < 4.78 is 5.48. The quantitative estimate of drug-likeness (QED) is 0.837. The Morgan fingerprint density at radius 2 is 2.33 bits per heavy atom. The van der Waals surface area contributed by atoms with Crippen LogP contribution in [0.2, 0.25) is 0 Å². The molecule has 4 nitrogen and oxygen atoms in total. The highest BCUT2D eigenvalue weighted by Gasteiger charge is 2.22. The van der Waals surface area contributed by atoms with Gasteiger partial charge in [-0.15, -0.1) is 0 Å². The number of hydrogen-bond acceptors (Lipinski definition) is 4. The highest BCUT2D eigenvalue weighted by atomic mass is 16.5. The minimum absolute atomic E-state index is 0.564. The van der Waals surface area contributed by atoms with Gasteiger partial charge in [0.2, 0.25) is 5.88 Å². The summed E-state index contributed by atoms with van der Waals surface area (Å²) in [4.78, 5) is 7.01. The van der Waals surface area contributed by atoms with Crippen LogP contribution in [-0.4, -0.2) is 37.3 Å². The third-order valence-electron chi connectivity index (χ3n) is 3.23. The van der Waals surface area contributed by atoms with Gasteiger partial charge in [-0.25, -0.2) is 0 Å². The van der Waals surface area contributed by atoms with Crippen molar-refractivity contribution in [3.63, 3.8) is 0 Å². The number of ether oxygens (including phenoxy) is 1. The van der Waals surface area contributed by atoms with Crippen LogP contribution < -0.4 is 15.0 Å². The molecule has 0 radical (unpaired) electrons. The lowest BCUT2D eigenvalue weighted by molar-refractivity contribution is 0.326. The predicted molar refractivity (Wildman–Crippen MR) is 74.3 cm³/mol. The van der Waals surface area contributed by atoms with Crippen LogP contribution in [0.15, 0.2) is 18.2 Å². The average Bonchev–Trinajstić information content (AvgIpc) is 2.90. The second kappa shape index (κ2) is 6.59. The van der Waals surface area contributed by atoms with E-state index in [0.717, 1.165) is 37.8 Å². The Morgan fingerprint density at radius 3 is 3.00 bits per heavy atom. The predicted octanol–water partition coefficient (Wildman–Crippen LogP) is 2.06. The van der Waals surface area contributed by atoms with Crippen LogP contribution in [0.25, 0.3) is 0 Å². The molecule has 0 spiro atoms. The SMILES string of the molecule is CCCN(c1cccc(OCC)n1)C1CCNC1. The van der Waals surface area contributed by atoms with Gasteiger partial charge in [0, 0.05) is 25.2 Å². The van der Waals surface area contributed by atoms with E-state index in [4.69, 9.17) is 4.74 Å². The van der Waals surface area contributed by atoms with Gasteiger partial charge >= 0.3 is 0 Å². The molecule has 2 rings (SSSR count). The minimum atomic E-state index is 0.564. The lowest BCUT2D eigenvalue weighted by Crippen LogP contribution is -2.38. The second-order valence-electron chi connectivity index (χ2n) is 4.61. The van der Waals surface area contributed by atoms with Crippen molar-refractivity contribution >= 4 is 5.82 Å². The van der Waals surface area contributed by atoms with E-state index in [1.54, 1.807) is 0 Å². The number of rotatable bonds is 6. The van der Waals surface area contributed by atoms with Gasteiger partial charge in [-0.2, -0.15) is 4.98 Å². The zero-order valence-corrected chi connectivity index (χ0v) is 11.4. The molecule has 1 atom stereocenters. The highest BCUT2D eigenvalue weighted by molar-refractivity contribution is 5.42. The molecule has 0 aromatic carbocycles. The van der Waals surface area contributed by atoms with Crippen molar-refractivity contribution in [3.8, 4) is 5.88 Å². The summed E-state index contributed by atoms with van der Waals surface area (Å²) in [5.74, 6) is 1.76. The van der Waals surface area contributed by atoms with Crippen molar-refractivity contribution in [2.75, 3.05) is 31.1 Å². The largest absolute Gasteiger partial charge is 0.478 e. The molecule has 1 unspecified atom stereocenters. The summed E-state index contributed by atoms with van der Waals surface area (Å²) in [5.41, 5.74) is 0.